The Labute approximate surface area is 99.7 Å². The topological polar surface area (TPSA) is 38.3 Å². The van der Waals surface area contributed by atoms with Crippen molar-refractivity contribution in [2.75, 3.05) is 5.88 Å². The molecule has 0 saturated heterocycles. The molecule has 0 saturated carbocycles. The van der Waals surface area contributed by atoms with Crippen molar-refractivity contribution in [2.24, 2.45) is 0 Å². The van der Waals surface area contributed by atoms with Crippen molar-refractivity contribution in [3.63, 3.8) is 0 Å². The molecule has 0 radical (unpaired) electrons. The lowest BCUT2D eigenvalue weighted by atomic mass is 10.1. The monoisotopic (exact) mass is 239 g/mol. The van der Waals surface area contributed by atoms with E-state index in [1.807, 2.05) is 25.1 Å². The standard InChI is InChI=1S/C12H14ClNO2/c1-8(5-13)14-12(15)9-2-3-10-6-16-7-11(10)4-9/h2-4,8H,5-7H2,1H3,(H,14,15). The summed E-state index contributed by atoms with van der Waals surface area (Å²) in [5.41, 5.74) is 2.94. The van der Waals surface area contributed by atoms with E-state index in [1.54, 1.807) is 0 Å². The average molecular weight is 240 g/mol. The average Bonchev–Trinajstić information content (AvgIpc) is 2.75. The van der Waals surface area contributed by atoms with Crippen LogP contribution >= 0.6 is 11.6 Å². The predicted octanol–water partition coefficient (Wildman–Crippen LogP) is 2.07. The van der Waals surface area contributed by atoms with Crippen LogP contribution in [0.15, 0.2) is 18.2 Å². The van der Waals surface area contributed by atoms with Crippen molar-refractivity contribution in [2.45, 2.75) is 26.2 Å². The number of nitrogens with one attached hydrogen (secondary N) is 1. The Balaban J connectivity index is 2.12. The molecule has 1 aliphatic heterocycles. The molecule has 1 amide bonds. The van der Waals surface area contributed by atoms with Gasteiger partial charge in [0, 0.05) is 17.5 Å². The fourth-order valence-corrected chi connectivity index (χ4v) is 1.74. The zero-order valence-electron chi connectivity index (χ0n) is 9.13. The Hall–Kier alpha value is -1.06. The number of ether oxygens (including phenoxy) is 1. The third-order valence-corrected chi connectivity index (χ3v) is 3.06. The molecule has 1 atom stereocenters. The van der Waals surface area contributed by atoms with E-state index >= 15 is 0 Å². The van der Waals surface area contributed by atoms with Gasteiger partial charge in [-0.3, -0.25) is 4.79 Å². The number of carbonyl (C=O) groups excluding carboxylic acids is 1. The van der Waals surface area contributed by atoms with Gasteiger partial charge >= 0.3 is 0 Å². The van der Waals surface area contributed by atoms with E-state index in [0.29, 0.717) is 24.7 Å². The second kappa shape index (κ2) is 4.85. The third kappa shape index (κ3) is 2.36. The molecule has 1 unspecified atom stereocenters. The molecule has 1 heterocycles. The Kier molecular flexibility index (Phi) is 3.46. The number of hydrogen-bond donors (Lipinski definition) is 1. The van der Waals surface area contributed by atoms with Gasteiger partial charge in [0.25, 0.3) is 5.91 Å². The second-order valence-corrected chi connectivity index (χ2v) is 4.31. The highest BCUT2D eigenvalue weighted by Gasteiger charge is 2.15. The van der Waals surface area contributed by atoms with Crippen molar-refractivity contribution in [1.29, 1.82) is 0 Å². The summed E-state index contributed by atoms with van der Waals surface area (Å²) < 4.78 is 5.30. The first-order valence-corrected chi connectivity index (χ1v) is 5.80. The van der Waals surface area contributed by atoms with Crippen molar-refractivity contribution in [3.8, 4) is 0 Å². The highest BCUT2D eigenvalue weighted by atomic mass is 35.5. The minimum absolute atomic E-state index is 0.0151. The van der Waals surface area contributed by atoms with Crippen LogP contribution in [0.25, 0.3) is 0 Å². The summed E-state index contributed by atoms with van der Waals surface area (Å²) in [5.74, 6) is 0.336. The molecular weight excluding hydrogens is 226 g/mol. The first kappa shape index (κ1) is 11.4. The minimum Gasteiger partial charge on any atom is -0.372 e. The quantitative estimate of drug-likeness (QED) is 0.821. The summed E-state index contributed by atoms with van der Waals surface area (Å²) in [5, 5.41) is 2.83. The van der Waals surface area contributed by atoms with Gasteiger partial charge in [-0.15, -0.1) is 11.6 Å². The number of fused-ring (bicyclic) bond motifs is 1. The summed E-state index contributed by atoms with van der Waals surface area (Å²) in [6.07, 6.45) is 0. The lowest BCUT2D eigenvalue weighted by molar-refractivity contribution is 0.0943. The van der Waals surface area contributed by atoms with Crippen LogP contribution in [-0.4, -0.2) is 17.8 Å². The van der Waals surface area contributed by atoms with E-state index in [-0.39, 0.29) is 11.9 Å². The van der Waals surface area contributed by atoms with Gasteiger partial charge < -0.3 is 10.1 Å². The summed E-state index contributed by atoms with van der Waals surface area (Å²) in [6.45, 7) is 3.12. The van der Waals surface area contributed by atoms with Gasteiger partial charge in [0.1, 0.15) is 0 Å². The van der Waals surface area contributed by atoms with Crippen LogP contribution in [0.3, 0.4) is 0 Å². The summed E-state index contributed by atoms with van der Waals surface area (Å²) in [6, 6.07) is 5.64. The largest absolute Gasteiger partial charge is 0.372 e. The van der Waals surface area contributed by atoms with Crippen LogP contribution in [0.4, 0.5) is 0 Å². The minimum atomic E-state index is -0.0807. The summed E-state index contributed by atoms with van der Waals surface area (Å²) >= 11 is 5.64. The molecule has 0 spiro atoms. The van der Waals surface area contributed by atoms with Gasteiger partial charge in [-0.1, -0.05) is 6.07 Å². The molecule has 0 aromatic heterocycles. The van der Waals surface area contributed by atoms with E-state index < -0.39 is 0 Å². The fraction of sp³-hybridized carbons (Fsp3) is 0.417. The maximum absolute atomic E-state index is 11.8. The predicted molar refractivity (Wildman–Crippen MR) is 62.6 cm³/mol. The van der Waals surface area contributed by atoms with Gasteiger partial charge in [-0.25, -0.2) is 0 Å². The van der Waals surface area contributed by atoms with Crippen LogP contribution < -0.4 is 5.32 Å². The highest BCUT2D eigenvalue weighted by molar-refractivity contribution is 6.18. The molecule has 3 nitrogen and oxygen atoms in total. The van der Waals surface area contributed by atoms with Gasteiger partial charge in [0.15, 0.2) is 0 Å². The normalized spacial score (nSPS) is 15.6. The second-order valence-electron chi connectivity index (χ2n) is 4.01. The van der Waals surface area contributed by atoms with E-state index in [1.165, 1.54) is 5.56 Å². The number of benzene rings is 1. The van der Waals surface area contributed by atoms with Crippen LogP contribution in [0.5, 0.6) is 0 Å². The molecule has 4 heteroatoms. The Morgan fingerprint density at radius 2 is 2.25 bits per heavy atom. The number of halogens is 1. The maximum atomic E-state index is 11.8. The third-order valence-electron chi connectivity index (χ3n) is 2.59. The number of alkyl halides is 1. The Bertz CT molecular complexity index is 406. The molecule has 1 N–H and O–H groups in total. The first-order chi connectivity index (χ1) is 7.70. The zero-order valence-corrected chi connectivity index (χ0v) is 9.88. The molecule has 1 aromatic rings. The molecule has 2 rings (SSSR count). The van der Waals surface area contributed by atoms with Gasteiger partial charge in [0.2, 0.25) is 0 Å². The van der Waals surface area contributed by atoms with Crippen molar-refractivity contribution >= 4 is 17.5 Å². The molecule has 86 valence electrons. The van der Waals surface area contributed by atoms with E-state index in [2.05, 4.69) is 5.32 Å². The summed E-state index contributed by atoms with van der Waals surface area (Å²) in [4.78, 5) is 11.8. The van der Waals surface area contributed by atoms with Crippen LogP contribution in [0.2, 0.25) is 0 Å². The SMILES string of the molecule is CC(CCl)NC(=O)c1ccc2c(c1)COC2. The van der Waals surface area contributed by atoms with Gasteiger partial charge in [-0.05, 0) is 30.2 Å². The lowest BCUT2D eigenvalue weighted by Crippen LogP contribution is -2.33. The molecule has 16 heavy (non-hydrogen) atoms. The first-order valence-electron chi connectivity index (χ1n) is 5.27. The Morgan fingerprint density at radius 1 is 1.50 bits per heavy atom. The molecule has 1 aromatic carbocycles. The Morgan fingerprint density at radius 3 is 3.00 bits per heavy atom. The summed E-state index contributed by atoms with van der Waals surface area (Å²) in [7, 11) is 0. The number of amides is 1. The van der Waals surface area contributed by atoms with E-state index in [0.717, 1.165) is 5.56 Å². The van der Waals surface area contributed by atoms with E-state index in [4.69, 9.17) is 16.3 Å². The number of carbonyl (C=O) groups is 1. The lowest BCUT2D eigenvalue weighted by Gasteiger charge is -2.10. The van der Waals surface area contributed by atoms with Crippen LogP contribution in [0, 0.1) is 0 Å². The van der Waals surface area contributed by atoms with Crippen LogP contribution in [-0.2, 0) is 18.0 Å². The molecule has 0 aliphatic carbocycles. The maximum Gasteiger partial charge on any atom is 0.251 e. The molecular formula is C12H14ClNO2. The molecule has 1 aliphatic rings. The van der Waals surface area contributed by atoms with Gasteiger partial charge in [-0.2, -0.15) is 0 Å². The van der Waals surface area contributed by atoms with Crippen molar-refractivity contribution < 1.29 is 9.53 Å². The fourth-order valence-electron chi connectivity index (χ4n) is 1.66. The smallest absolute Gasteiger partial charge is 0.251 e. The van der Waals surface area contributed by atoms with Crippen molar-refractivity contribution in [1.82, 2.24) is 5.32 Å². The molecule has 0 bridgehead atoms. The number of rotatable bonds is 3. The highest BCUT2D eigenvalue weighted by Crippen LogP contribution is 2.20. The van der Waals surface area contributed by atoms with Crippen molar-refractivity contribution in [3.05, 3.63) is 34.9 Å². The van der Waals surface area contributed by atoms with Gasteiger partial charge in [0.05, 0.1) is 13.2 Å². The van der Waals surface area contributed by atoms with E-state index in [9.17, 15) is 4.79 Å². The number of hydrogen-bond acceptors (Lipinski definition) is 2. The zero-order chi connectivity index (χ0) is 11.5. The van der Waals surface area contributed by atoms with Crippen LogP contribution in [0.1, 0.15) is 28.4 Å². The molecule has 0 fully saturated rings.